The number of hydrogen-bond acceptors (Lipinski definition) is 10. The Bertz CT molecular complexity index is 1300. The van der Waals surface area contributed by atoms with Crippen molar-refractivity contribution >= 4 is 86.5 Å². The summed E-state index contributed by atoms with van der Waals surface area (Å²) >= 11 is 22.3. The normalized spacial score (nSPS) is 17.5. The van der Waals surface area contributed by atoms with Gasteiger partial charge in [-0.05, 0) is 25.8 Å². The van der Waals surface area contributed by atoms with Crippen molar-refractivity contribution in [1.29, 1.82) is 0 Å². The summed E-state index contributed by atoms with van der Waals surface area (Å²) < 4.78 is 15.6. The molecule has 0 saturated carbocycles. The molecule has 4 rings (SSSR count). The van der Waals surface area contributed by atoms with Gasteiger partial charge in [-0.3, -0.25) is 14.3 Å². The van der Waals surface area contributed by atoms with Gasteiger partial charge in [-0.25, -0.2) is 19.7 Å². The van der Waals surface area contributed by atoms with Crippen LogP contribution in [-0.4, -0.2) is 70.9 Å². The van der Waals surface area contributed by atoms with Crippen LogP contribution in [0.25, 0.3) is 5.57 Å². The maximum Gasteiger partial charge on any atom is 0.414 e. The summed E-state index contributed by atoms with van der Waals surface area (Å²) in [6.07, 6.45) is 5.30. The molecule has 2 aromatic rings. The molecule has 0 bridgehead atoms. The topological polar surface area (TPSA) is 139 Å². The maximum atomic E-state index is 12.7. The second-order valence-corrected chi connectivity index (χ2v) is 13.4. The molecule has 0 spiro atoms. The number of carbonyl (C=O) groups excluding carboxylic acids is 2. The number of amides is 2. The molecular weight excluding hydrogens is 600 g/mol. The molecule has 16 heteroatoms. The fraction of sp³-hybridized carbons (Fsp3) is 0.455. The lowest BCUT2D eigenvalue weighted by Crippen LogP contribution is -2.43. The van der Waals surface area contributed by atoms with E-state index in [0.29, 0.717) is 64.9 Å². The molecule has 0 saturated heterocycles. The zero-order valence-corrected chi connectivity index (χ0v) is 24.1. The van der Waals surface area contributed by atoms with Crippen LogP contribution in [0.15, 0.2) is 23.4 Å². The van der Waals surface area contributed by atoms with Gasteiger partial charge in [0.2, 0.25) is 5.95 Å². The number of anilines is 2. The molecule has 0 aromatic carbocycles. The monoisotopic (exact) mass is 621 g/mol. The van der Waals surface area contributed by atoms with E-state index >= 15 is 0 Å². The smallest absolute Gasteiger partial charge is 0.414 e. The Balaban J connectivity index is 1.48. The lowest BCUT2D eigenvalue weighted by molar-refractivity contribution is -0.119. The highest BCUT2D eigenvalue weighted by Gasteiger charge is 2.34. The first-order chi connectivity index (χ1) is 17.8. The Morgan fingerprint density at radius 3 is 2.50 bits per heavy atom. The summed E-state index contributed by atoms with van der Waals surface area (Å²) in [5, 5.41) is 5.54. The molecule has 2 aromatic heterocycles. The van der Waals surface area contributed by atoms with E-state index in [2.05, 4.69) is 15.3 Å². The Hall–Kier alpha value is -2.25. The molecule has 204 valence electrons. The van der Waals surface area contributed by atoms with Crippen LogP contribution >= 0.6 is 46.4 Å². The summed E-state index contributed by atoms with van der Waals surface area (Å²) in [7, 11) is -1.27. The van der Waals surface area contributed by atoms with Crippen molar-refractivity contribution in [2.75, 3.05) is 35.7 Å². The van der Waals surface area contributed by atoms with Crippen LogP contribution in [-0.2, 0) is 26.8 Å². The first kappa shape index (κ1) is 28.8. The average molecular weight is 623 g/mol. The first-order valence-electron chi connectivity index (χ1n) is 11.4. The van der Waals surface area contributed by atoms with Crippen LogP contribution in [0.4, 0.5) is 16.6 Å². The Morgan fingerprint density at radius 1 is 1.16 bits per heavy atom. The van der Waals surface area contributed by atoms with E-state index in [0.717, 1.165) is 5.57 Å². The number of halogens is 4. The number of alkyl halides is 3. The van der Waals surface area contributed by atoms with Crippen molar-refractivity contribution in [1.82, 2.24) is 25.3 Å². The molecule has 0 unspecified atom stereocenters. The van der Waals surface area contributed by atoms with E-state index in [9.17, 15) is 13.8 Å². The minimum atomic E-state index is -2.30. The summed E-state index contributed by atoms with van der Waals surface area (Å²) in [5.41, 5.74) is 0.839. The van der Waals surface area contributed by atoms with Gasteiger partial charge < -0.3 is 15.0 Å². The van der Waals surface area contributed by atoms with Gasteiger partial charge in [-0.15, -0.1) is 0 Å². The van der Waals surface area contributed by atoms with Gasteiger partial charge >= 0.3 is 6.09 Å². The number of imide groups is 1. The highest BCUT2D eigenvalue weighted by atomic mass is 35.6. The standard InChI is InChI=1S/C22H23Cl4N7O4S/c1-21(2,11-37-20(35)31-18(34)22(24,25)26)32-17-15-14(5-8-38(15)36)29-19(30-17)33-6-3-12(4-7-33)16-27-9-13(23)10-28-16/h3,9-10H,4-8,11H2,1-2H3,(H,29,30,32)(H,31,34,35)/t38-/m1/s1. The van der Waals surface area contributed by atoms with E-state index in [-0.39, 0.29) is 6.61 Å². The lowest BCUT2D eigenvalue weighted by atomic mass is 10.1. The largest absolute Gasteiger partial charge is 0.447 e. The average Bonchev–Trinajstić information content (AvgIpc) is 3.23. The van der Waals surface area contributed by atoms with E-state index in [4.69, 9.17) is 61.1 Å². The summed E-state index contributed by atoms with van der Waals surface area (Å²) in [6, 6.07) is 0. The number of ether oxygens (including phenoxy) is 1. The van der Waals surface area contributed by atoms with E-state index < -0.39 is 32.1 Å². The van der Waals surface area contributed by atoms with Gasteiger partial charge in [0.05, 0.1) is 27.1 Å². The van der Waals surface area contributed by atoms with E-state index in [1.54, 1.807) is 26.2 Å². The molecule has 4 heterocycles. The van der Waals surface area contributed by atoms with Crippen molar-refractivity contribution < 1.29 is 18.5 Å². The lowest BCUT2D eigenvalue weighted by Gasteiger charge is -2.30. The summed E-state index contributed by atoms with van der Waals surface area (Å²) in [6.45, 7) is 4.50. The SMILES string of the molecule is CC(C)(COC(=O)NC(=O)C(Cl)(Cl)Cl)Nc1nc(N2CC=C(c3ncc(Cl)cn3)CC2)nc2c1[S@](=O)CC2. The molecule has 2 aliphatic rings. The fourth-order valence-corrected chi connectivity index (χ4v) is 5.29. The molecule has 0 aliphatic carbocycles. The van der Waals surface area contributed by atoms with Crippen molar-refractivity contribution in [3.63, 3.8) is 0 Å². The number of alkyl carbamates (subject to hydrolysis) is 1. The van der Waals surface area contributed by atoms with Gasteiger partial charge in [-0.1, -0.05) is 52.5 Å². The molecule has 0 radical (unpaired) electrons. The second kappa shape index (κ2) is 11.5. The van der Waals surface area contributed by atoms with Gasteiger partial charge in [0.15, 0.2) is 5.82 Å². The molecule has 11 nitrogen and oxygen atoms in total. The van der Waals surface area contributed by atoms with E-state index in [1.807, 2.05) is 16.3 Å². The van der Waals surface area contributed by atoms with Crippen LogP contribution < -0.4 is 15.5 Å². The quantitative estimate of drug-likeness (QED) is 0.458. The van der Waals surface area contributed by atoms with Crippen molar-refractivity contribution in [2.45, 2.75) is 40.9 Å². The minimum Gasteiger partial charge on any atom is -0.447 e. The maximum absolute atomic E-state index is 12.7. The molecule has 2 amide bonds. The highest BCUT2D eigenvalue weighted by molar-refractivity contribution is 7.85. The van der Waals surface area contributed by atoms with Crippen LogP contribution in [0.2, 0.25) is 5.02 Å². The molecule has 2 aliphatic heterocycles. The Kier molecular flexibility index (Phi) is 8.68. The fourth-order valence-electron chi connectivity index (χ4n) is 3.74. The minimum absolute atomic E-state index is 0.177. The third kappa shape index (κ3) is 7.03. The van der Waals surface area contributed by atoms with Gasteiger partial charge in [-0.2, -0.15) is 4.98 Å². The third-order valence-electron chi connectivity index (χ3n) is 5.57. The molecule has 0 fully saturated rings. The number of nitrogens with zero attached hydrogens (tertiary/aromatic N) is 5. The van der Waals surface area contributed by atoms with Crippen LogP contribution in [0, 0.1) is 0 Å². The number of nitrogens with one attached hydrogen (secondary N) is 2. The highest BCUT2D eigenvalue weighted by Crippen LogP contribution is 2.33. The van der Waals surface area contributed by atoms with Crippen LogP contribution in [0.3, 0.4) is 0 Å². The third-order valence-corrected chi connectivity index (χ3v) is 7.74. The van der Waals surface area contributed by atoms with Gasteiger partial charge in [0.25, 0.3) is 9.70 Å². The Labute approximate surface area is 241 Å². The number of rotatable bonds is 6. The van der Waals surface area contributed by atoms with Crippen molar-refractivity contribution in [3.8, 4) is 0 Å². The van der Waals surface area contributed by atoms with Gasteiger partial charge in [0, 0.05) is 37.7 Å². The number of aryl methyl sites for hydroxylation is 1. The number of aromatic nitrogens is 4. The zero-order chi connectivity index (χ0) is 27.7. The number of carbonyl (C=O) groups is 2. The van der Waals surface area contributed by atoms with Crippen LogP contribution in [0.5, 0.6) is 0 Å². The first-order valence-corrected chi connectivity index (χ1v) is 14.2. The Morgan fingerprint density at radius 2 is 1.87 bits per heavy atom. The number of hydrogen-bond donors (Lipinski definition) is 2. The molecular formula is C22H23Cl4N7O4S. The second-order valence-electron chi connectivity index (χ2n) is 9.13. The molecule has 1 atom stereocenters. The van der Waals surface area contributed by atoms with E-state index in [1.165, 1.54) is 0 Å². The van der Waals surface area contributed by atoms with Gasteiger partial charge in [0.1, 0.15) is 17.3 Å². The molecule has 2 N–H and O–H groups in total. The van der Waals surface area contributed by atoms with Crippen molar-refractivity contribution in [3.05, 3.63) is 35.0 Å². The van der Waals surface area contributed by atoms with Crippen LogP contribution in [0.1, 0.15) is 31.8 Å². The summed E-state index contributed by atoms with van der Waals surface area (Å²) in [5.74, 6) is 0.818. The van der Waals surface area contributed by atoms with Crippen molar-refractivity contribution in [2.24, 2.45) is 0 Å². The predicted octanol–water partition coefficient (Wildman–Crippen LogP) is 3.69. The molecule has 38 heavy (non-hydrogen) atoms. The summed E-state index contributed by atoms with van der Waals surface area (Å²) in [4.78, 5) is 44.1. The zero-order valence-electron chi connectivity index (χ0n) is 20.3. The predicted molar refractivity (Wildman–Crippen MR) is 146 cm³/mol. The number of fused-ring (bicyclic) bond motifs is 1.